The van der Waals surface area contributed by atoms with Crippen LogP contribution in [-0.4, -0.2) is 26.3 Å². The lowest BCUT2D eigenvalue weighted by atomic mass is 10.2. The van der Waals surface area contributed by atoms with Crippen molar-refractivity contribution in [3.05, 3.63) is 75.7 Å². The van der Waals surface area contributed by atoms with Crippen LogP contribution in [0.15, 0.2) is 65.4 Å². The molecule has 0 unspecified atom stereocenters. The first kappa shape index (κ1) is 16.1. The van der Waals surface area contributed by atoms with E-state index in [2.05, 4.69) is 57.2 Å². The highest BCUT2D eigenvalue weighted by Crippen LogP contribution is 2.12. The van der Waals surface area contributed by atoms with Crippen molar-refractivity contribution < 1.29 is 0 Å². The van der Waals surface area contributed by atoms with Crippen LogP contribution in [-0.2, 0) is 13.2 Å². The summed E-state index contributed by atoms with van der Waals surface area (Å²) < 4.78 is 5.54. The Hall–Kier alpha value is -1.76. The van der Waals surface area contributed by atoms with Gasteiger partial charge in [-0.15, -0.1) is 0 Å². The minimum Gasteiger partial charge on any atom is -0.283 e. The van der Waals surface area contributed by atoms with E-state index in [1.54, 1.807) is 6.33 Å². The topological polar surface area (TPSA) is 26.0 Å². The van der Waals surface area contributed by atoms with E-state index < -0.39 is 0 Å². The summed E-state index contributed by atoms with van der Waals surface area (Å²) in [6, 6.07) is 18.4. The van der Waals surface area contributed by atoms with Crippen molar-refractivity contribution >= 4 is 28.1 Å². The quantitative estimate of drug-likeness (QED) is 0.610. The lowest BCUT2D eigenvalue weighted by Gasteiger charge is -2.16. The Morgan fingerprint density at radius 2 is 1.78 bits per heavy atom. The van der Waals surface area contributed by atoms with Crippen molar-refractivity contribution in [2.45, 2.75) is 13.2 Å². The standard InChI is InChI=1S/C17H17BrN4S/c1-20(11-14-7-9-15(18)10-8-14)13-22-17(23)21(12-19-22)16-5-3-2-4-6-16/h2-10,12H,11,13H2,1H3. The third kappa shape index (κ3) is 3.96. The highest BCUT2D eigenvalue weighted by atomic mass is 79.9. The number of hydrogen-bond acceptors (Lipinski definition) is 3. The number of benzene rings is 2. The van der Waals surface area contributed by atoms with Gasteiger partial charge in [-0.1, -0.05) is 46.3 Å². The molecule has 3 aromatic rings. The number of aromatic nitrogens is 3. The molecule has 0 fully saturated rings. The van der Waals surface area contributed by atoms with Crippen LogP contribution in [0.4, 0.5) is 0 Å². The Kier molecular flexibility index (Phi) is 5.05. The molecular formula is C17H17BrN4S. The van der Waals surface area contributed by atoms with E-state index in [0.29, 0.717) is 11.4 Å². The van der Waals surface area contributed by atoms with E-state index in [-0.39, 0.29) is 0 Å². The number of halogens is 1. The molecule has 6 heteroatoms. The minimum atomic E-state index is 0.648. The van der Waals surface area contributed by atoms with E-state index in [1.165, 1.54) is 5.56 Å². The Labute approximate surface area is 149 Å². The number of para-hydroxylation sites is 1. The number of nitrogens with zero attached hydrogens (tertiary/aromatic N) is 4. The molecule has 2 aromatic carbocycles. The van der Waals surface area contributed by atoms with Crippen LogP contribution >= 0.6 is 28.1 Å². The molecule has 3 rings (SSSR count). The highest BCUT2D eigenvalue weighted by Gasteiger charge is 2.07. The van der Waals surface area contributed by atoms with Gasteiger partial charge < -0.3 is 0 Å². The van der Waals surface area contributed by atoms with Gasteiger partial charge in [-0.2, -0.15) is 5.10 Å². The van der Waals surface area contributed by atoms with Crippen molar-refractivity contribution in [2.24, 2.45) is 0 Å². The summed E-state index contributed by atoms with van der Waals surface area (Å²) in [5.74, 6) is 0. The molecule has 0 radical (unpaired) electrons. The van der Waals surface area contributed by atoms with Gasteiger partial charge in [-0.3, -0.25) is 9.47 Å². The van der Waals surface area contributed by atoms with Gasteiger partial charge in [-0.05, 0) is 49.1 Å². The summed E-state index contributed by atoms with van der Waals surface area (Å²) in [5.41, 5.74) is 2.28. The molecule has 0 saturated heterocycles. The molecule has 0 amide bonds. The molecule has 4 nitrogen and oxygen atoms in total. The Morgan fingerprint density at radius 3 is 2.48 bits per heavy atom. The van der Waals surface area contributed by atoms with Gasteiger partial charge in [0.15, 0.2) is 0 Å². The highest BCUT2D eigenvalue weighted by molar-refractivity contribution is 9.10. The van der Waals surface area contributed by atoms with Crippen molar-refractivity contribution in [2.75, 3.05) is 7.05 Å². The molecule has 0 spiro atoms. The van der Waals surface area contributed by atoms with E-state index in [4.69, 9.17) is 12.2 Å². The van der Waals surface area contributed by atoms with E-state index in [9.17, 15) is 0 Å². The Bertz CT molecular complexity index is 824. The van der Waals surface area contributed by atoms with Gasteiger partial charge in [0.2, 0.25) is 4.77 Å². The fraction of sp³-hybridized carbons (Fsp3) is 0.176. The van der Waals surface area contributed by atoms with Crippen molar-refractivity contribution in [1.82, 2.24) is 19.2 Å². The predicted molar refractivity (Wildman–Crippen MR) is 98.0 cm³/mol. The monoisotopic (exact) mass is 388 g/mol. The van der Waals surface area contributed by atoms with Gasteiger partial charge >= 0.3 is 0 Å². The van der Waals surface area contributed by atoms with Crippen LogP contribution in [0.25, 0.3) is 5.69 Å². The van der Waals surface area contributed by atoms with Gasteiger partial charge in [-0.25, -0.2) is 4.68 Å². The smallest absolute Gasteiger partial charge is 0.203 e. The van der Waals surface area contributed by atoms with Gasteiger partial charge in [0.05, 0.1) is 6.67 Å². The van der Waals surface area contributed by atoms with Crippen molar-refractivity contribution in [3.8, 4) is 5.69 Å². The minimum absolute atomic E-state index is 0.648. The summed E-state index contributed by atoms with van der Waals surface area (Å²) >= 11 is 8.99. The van der Waals surface area contributed by atoms with Crippen molar-refractivity contribution in [1.29, 1.82) is 0 Å². The lowest BCUT2D eigenvalue weighted by Crippen LogP contribution is -2.22. The molecule has 1 heterocycles. The Morgan fingerprint density at radius 1 is 1.09 bits per heavy atom. The van der Waals surface area contributed by atoms with E-state index >= 15 is 0 Å². The van der Waals surface area contributed by atoms with Crippen LogP contribution in [0.5, 0.6) is 0 Å². The third-order valence-corrected chi connectivity index (χ3v) is 4.44. The van der Waals surface area contributed by atoms with Crippen LogP contribution in [0, 0.1) is 4.77 Å². The van der Waals surface area contributed by atoms with Crippen LogP contribution < -0.4 is 0 Å². The first-order chi connectivity index (χ1) is 11.1. The number of rotatable bonds is 5. The van der Waals surface area contributed by atoms with Crippen LogP contribution in [0.3, 0.4) is 0 Å². The Balaban J connectivity index is 1.72. The lowest BCUT2D eigenvalue weighted by molar-refractivity contribution is 0.244. The molecule has 0 aliphatic rings. The fourth-order valence-electron chi connectivity index (χ4n) is 2.38. The van der Waals surface area contributed by atoms with Crippen LogP contribution in [0.2, 0.25) is 0 Å². The zero-order valence-corrected chi connectivity index (χ0v) is 15.2. The summed E-state index contributed by atoms with van der Waals surface area (Å²) in [6.07, 6.45) is 1.77. The summed E-state index contributed by atoms with van der Waals surface area (Å²) in [6.45, 7) is 1.49. The van der Waals surface area contributed by atoms with Gasteiger partial charge in [0.25, 0.3) is 0 Å². The SMILES string of the molecule is CN(Cc1ccc(Br)cc1)Cn1ncn(-c2ccccc2)c1=S. The normalized spacial score (nSPS) is 11.1. The molecule has 118 valence electrons. The predicted octanol–water partition coefficient (Wildman–Crippen LogP) is 4.26. The average molecular weight is 389 g/mol. The average Bonchev–Trinajstić information content (AvgIpc) is 2.91. The first-order valence-electron chi connectivity index (χ1n) is 7.26. The molecule has 0 saturated carbocycles. The molecular weight excluding hydrogens is 372 g/mol. The first-order valence-corrected chi connectivity index (χ1v) is 8.46. The maximum absolute atomic E-state index is 5.54. The maximum Gasteiger partial charge on any atom is 0.203 e. The van der Waals surface area contributed by atoms with E-state index in [0.717, 1.165) is 16.7 Å². The summed E-state index contributed by atoms with van der Waals surface area (Å²) in [7, 11) is 2.06. The largest absolute Gasteiger partial charge is 0.283 e. The molecule has 0 aliphatic heterocycles. The second-order valence-electron chi connectivity index (χ2n) is 5.40. The number of hydrogen-bond donors (Lipinski definition) is 0. The molecule has 0 N–H and O–H groups in total. The van der Waals surface area contributed by atoms with Crippen LogP contribution in [0.1, 0.15) is 5.56 Å². The zero-order chi connectivity index (χ0) is 16.2. The maximum atomic E-state index is 5.54. The third-order valence-electron chi connectivity index (χ3n) is 3.51. The molecule has 0 bridgehead atoms. The fourth-order valence-corrected chi connectivity index (χ4v) is 2.90. The summed E-state index contributed by atoms with van der Waals surface area (Å²) in [5, 5.41) is 4.41. The summed E-state index contributed by atoms with van der Waals surface area (Å²) in [4.78, 5) is 2.18. The van der Waals surface area contributed by atoms with E-state index in [1.807, 2.05) is 39.6 Å². The van der Waals surface area contributed by atoms with Gasteiger partial charge in [0.1, 0.15) is 6.33 Å². The molecule has 0 atom stereocenters. The second kappa shape index (κ2) is 7.21. The van der Waals surface area contributed by atoms with Gasteiger partial charge in [0, 0.05) is 16.7 Å². The molecule has 1 aromatic heterocycles. The zero-order valence-electron chi connectivity index (χ0n) is 12.8. The van der Waals surface area contributed by atoms with Crippen molar-refractivity contribution in [3.63, 3.8) is 0 Å². The second-order valence-corrected chi connectivity index (χ2v) is 6.68. The molecule has 0 aliphatic carbocycles. The molecule has 23 heavy (non-hydrogen) atoms.